The number of nitrogen functional groups attached to an aromatic ring is 2. The van der Waals surface area contributed by atoms with Gasteiger partial charge in [-0.25, -0.2) is 14.3 Å². The van der Waals surface area contributed by atoms with Gasteiger partial charge in [-0.2, -0.15) is 0 Å². The van der Waals surface area contributed by atoms with Crippen molar-refractivity contribution in [3.63, 3.8) is 0 Å². The quantitative estimate of drug-likeness (QED) is 0.369. The normalized spacial score (nSPS) is 21.4. The predicted molar refractivity (Wildman–Crippen MR) is 164 cm³/mol. The van der Waals surface area contributed by atoms with E-state index in [0.717, 1.165) is 24.0 Å². The number of hydrogen-bond acceptors (Lipinski definition) is 11. The number of amides is 2. The number of carbonyl (C=O) groups excluding carboxylic acids is 2. The number of anilines is 2. The molecule has 0 bridgehead atoms. The molecule has 0 atom stereocenters. The van der Waals surface area contributed by atoms with Crippen LogP contribution in [0.3, 0.4) is 0 Å². The molecule has 4 aliphatic heterocycles. The van der Waals surface area contributed by atoms with Crippen LogP contribution < -0.4 is 22.1 Å². The maximum absolute atomic E-state index is 13.4. The van der Waals surface area contributed by atoms with E-state index in [1.165, 1.54) is 38.8 Å². The highest BCUT2D eigenvalue weighted by Gasteiger charge is 2.40. The molecule has 0 aliphatic carbocycles. The third-order valence-electron chi connectivity index (χ3n) is 8.68. The van der Waals surface area contributed by atoms with E-state index in [1.807, 2.05) is 23.1 Å². The summed E-state index contributed by atoms with van der Waals surface area (Å²) in [6.45, 7) is 6.34. The first-order valence-corrected chi connectivity index (χ1v) is 15.7. The van der Waals surface area contributed by atoms with Gasteiger partial charge < -0.3 is 26.6 Å². The number of nitrogens with two attached hydrogens (primary N) is 2. The average molecular weight is 613 g/mol. The van der Waals surface area contributed by atoms with E-state index < -0.39 is 5.91 Å². The van der Waals surface area contributed by atoms with Gasteiger partial charge in [-0.15, -0.1) is 0 Å². The second-order valence-corrected chi connectivity index (χ2v) is 13.0. The van der Waals surface area contributed by atoms with E-state index in [0.29, 0.717) is 44.0 Å². The molecule has 6 N–H and O–H groups in total. The molecule has 42 heavy (non-hydrogen) atoms. The third kappa shape index (κ3) is 6.29. The first-order valence-electron chi connectivity index (χ1n) is 14.6. The maximum atomic E-state index is 13.4. The molecule has 1 aromatic carbocycles. The molecule has 3 fully saturated rings. The van der Waals surface area contributed by atoms with Crippen molar-refractivity contribution in [2.75, 3.05) is 57.3 Å². The van der Waals surface area contributed by atoms with E-state index in [2.05, 4.69) is 40.9 Å². The molecule has 4 aliphatic rings. The molecule has 0 saturated carbocycles. The summed E-state index contributed by atoms with van der Waals surface area (Å²) >= 11 is 7.67. The number of guanidine groups is 1. The Morgan fingerprint density at radius 3 is 2.50 bits per heavy atom. The number of carbonyl (C=O) groups is 2. The number of hydrogen-bond donors (Lipinski definition) is 4. The lowest BCUT2D eigenvalue weighted by Crippen LogP contribution is -2.57. The van der Waals surface area contributed by atoms with E-state index in [4.69, 9.17) is 23.1 Å². The van der Waals surface area contributed by atoms with Gasteiger partial charge in [0.25, 0.3) is 11.8 Å². The van der Waals surface area contributed by atoms with Crippen LogP contribution in [0.4, 0.5) is 11.6 Å². The summed E-state index contributed by atoms with van der Waals surface area (Å²) in [6.07, 6.45) is 6.51. The van der Waals surface area contributed by atoms with Gasteiger partial charge in [0.1, 0.15) is 0 Å². The maximum Gasteiger partial charge on any atom is 0.280 e. The molecule has 224 valence electrons. The zero-order chi connectivity index (χ0) is 29.3. The molecule has 0 unspecified atom stereocenters. The Labute approximate surface area is 254 Å². The molecular formula is C28H37ClN10O2S. The van der Waals surface area contributed by atoms with Gasteiger partial charge in [0.15, 0.2) is 28.4 Å². The fourth-order valence-corrected chi connectivity index (χ4v) is 7.39. The van der Waals surface area contributed by atoms with Crippen molar-refractivity contribution in [2.24, 2.45) is 4.99 Å². The van der Waals surface area contributed by atoms with Crippen molar-refractivity contribution in [2.45, 2.75) is 55.0 Å². The summed E-state index contributed by atoms with van der Waals surface area (Å²) in [5.41, 5.74) is 11.7. The van der Waals surface area contributed by atoms with Gasteiger partial charge in [0.2, 0.25) is 0 Å². The van der Waals surface area contributed by atoms with Crippen molar-refractivity contribution in [1.82, 2.24) is 34.7 Å². The van der Waals surface area contributed by atoms with Gasteiger partial charge in [-0.05, 0) is 81.8 Å². The number of piperidine rings is 2. The molecule has 14 heteroatoms. The van der Waals surface area contributed by atoms with Gasteiger partial charge in [0, 0.05) is 42.7 Å². The molecule has 12 nitrogen and oxygen atoms in total. The fourth-order valence-electron chi connectivity index (χ4n) is 6.25. The smallest absolute Gasteiger partial charge is 0.280 e. The largest absolute Gasteiger partial charge is 0.382 e. The molecule has 1 spiro atoms. The molecule has 3 saturated heterocycles. The van der Waals surface area contributed by atoms with E-state index in [9.17, 15) is 9.59 Å². The van der Waals surface area contributed by atoms with Crippen LogP contribution in [0.25, 0.3) is 0 Å². The van der Waals surface area contributed by atoms with Crippen LogP contribution >= 0.6 is 23.5 Å². The van der Waals surface area contributed by atoms with Crippen LogP contribution in [-0.2, 0) is 0 Å². The van der Waals surface area contributed by atoms with Crippen molar-refractivity contribution in [3.8, 4) is 0 Å². The van der Waals surface area contributed by atoms with Gasteiger partial charge in [0.05, 0.1) is 12.1 Å². The number of rotatable bonds is 5. The molecule has 1 aromatic heterocycles. The Balaban J connectivity index is 0.988. The van der Waals surface area contributed by atoms with Crippen LogP contribution in [0, 0.1) is 0 Å². The minimum Gasteiger partial charge on any atom is -0.382 e. The molecule has 2 aromatic rings. The Morgan fingerprint density at radius 1 is 1.02 bits per heavy atom. The van der Waals surface area contributed by atoms with Crippen molar-refractivity contribution >= 4 is 53.0 Å². The summed E-state index contributed by atoms with van der Waals surface area (Å²) in [5.74, 6) is -0.351. The van der Waals surface area contributed by atoms with Crippen LogP contribution in [0.5, 0.6) is 0 Å². The Morgan fingerprint density at radius 2 is 1.76 bits per heavy atom. The first-order chi connectivity index (χ1) is 20.3. The summed E-state index contributed by atoms with van der Waals surface area (Å²) in [6, 6.07) is 8.71. The highest BCUT2D eigenvalue weighted by Crippen LogP contribution is 2.31. The van der Waals surface area contributed by atoms with Crippen LogP contribution in [0.15, 0.2) is 34.2 Å². The predicted octanol–water partition coefficient (Wildman–Crippen LogP) is 2.23. The lowest BCUT2D eigenvalue weighted by molar-refractivity contribution is 0.0668. The monoisotopic (exact) mass is 612 g/mol. The van der Waals surface area contributed by atoms with Crippen LogP contribution in [0.1, 0.15) is 59.4 Å². The minimum atomic E-state index is -0.577. The lowest BCUT2D eigenvalue weighted by Gasteiger charge is -2.39. The van der Waals surface area contributed by atoms with Gasteiger partial charge in [-0.3, -0.25) is 19.9 Å². The number of nitrogens with one attached hydrogen (secondary N) is 2. The molecule has 0 radical (unpaired) electrons. The SMILES string of the molecule is Nc1nc(N)c(C(=O)NC2=NCC3(CCN(C(=O)c4cccc(SN5CCC(N6CCCC6)CC5)c4)CC3)N2)nc1Cl. The molecule has 6 rings (SSSR count). The third-order valence-corrected chi connectivity index (χ3v) is 10.0. The van der Waals surface area contributed by atoms with Crippen LogP contribution in [-0.4, -0.2) is 99.2 Å². The number of aromatic nitrogens is 2. The fraction of sp³-hybridized carbons (Fsp3) is 0.536. The molecule has 5 heterocycles. The second kappa shape index (κ2) is 12.2. The van der Waals surface area contributed by atoms with E-state index in [-0.39, 0.29) is 33.9 Å². The number of likely N-dealkylation sites (tertiary alicyclic amines) is 2. The number of aliphatic imine (C=N–C) groups is 1. The number of nitrogens with zero attached hydrogens (tertiary/aromatic N) is 6. The minimum absolute atomic E-state index is 0.0410. The summed E-state index contributed by atoms with van der Waals surface area (Å²) in [5, 5.41) is 5.96. The van der Waals surface area contributed by atoms with Gasteiger partial charge in [-0.1, -0.05) is 17.7 Å². The standard InChI is InChI=1S/C28H37ClN10O2S/c29-22-24(31)34-23(30)21(33-22)25(40)35-27-32-17-28(36-27)8-14-38(15-9-28)26(41)18-4-3-5-20(16-18)42-39-12-6-19(7-13-39)37-10-1-2-11-37/h3-5,16,19H,1-2,6-15,17H2,(H4,30,31,34)(H2,32,35,36,40). The number of benzene rings is 1. The Bertz CT molecular complexity index is 1370. The molecule has 2 amide bonds. The van der Waals surface area contributed by atoms with Crippen molar-refractivity contribution < 1.29 is 9.59 Å². The summed E-state index contributed by atoms with van der Waals surface area (Å²) in [4.78, 5) is 44.1. The summed E-state index contributed by atoms with van der Waals surface area (Å²) in [7, 11) is 0. The van der Waals surface area contributed by atoms with Gasteiger partial charge >= 0.3 is 0 Å². The van der Waals surface area contributed by atoms with E-state index >= 15 is 0 Å². The Kier molecular flexibility index (Phi) is 8.44. The van der Waals surface area contributed by atoms with E-state index in [1.54, 1.807) is 11.9 Å². The van der Waals surface area contributed by atoms with Crippen LogP contribution in [0.2, 0.25) is 5.15 Å². The number of halogens is 1. The second-order valence-electron chi connectivity index (χ2n) is 11.5. The summed E-state index contributed by atoms with van der Waals surface area (Å²) < 4.78 is 2.44. The van der Waals surface area contributed by atoms with Crippen molar-refractivity contribution in [3.05, 3.63) is 40.7 Å². The van der Waals surface area contributed by atoms with Crippen molar-refractivity contribution in [1.29, 1.82) is 0 Å². The first kappa shape index (κ1) is 29.0. The average Bonchev–Trinajstić information content (AvgIpc) is 3.66. The lowest BCUT2D eigenvalue weighted by atomic mass is 9.88. The zero-order valence-electron chi connectivity index (χ0n) is 23.5. The zero-order valence-corrected chi connectivity index (χ0v) is 25.1. The topological polar surface area (TPSA) is 158 Å². The Hall–Kier alpha value is -3.13. The highest BCUT2D eigenvalue weighted by molar-refractivity contribution is 7.97. The molecular weight excluding hydrogens is 576 g/mol. The highest BCUT2D eigenvalue weighted by atomic mass is 35.5.